The molecule has 0 fully saturated rings. The van der Waals surface area contributed by atoms with Crippen LogP contribution in [-0.2, 0) is 23.2 Å². The smallest absolute Gasteiger partial charge is 0.340 e. The van der Waals surface area contributed by atoms with Crippen LogP contribution in [0.25, 0.3) is 11.0 Å². The van der Waals surface area contributed by atoms with E-state index in [0.717, 1.165) is 0 Å². The van der Waals surface area contributed by atoms with Gasteiger partial charge in [0.2, 0.25) is 0 Å². The van der Waals surface area contributed by atoms with Crippen LogP contribution in [0.3, 0.4) is 0 Å². The SMILES string of the molecule is CNS(=O)(=O)Nc1cccc(Cc2c(CN(C)C)c3ccc(Oc4ncccn4)cc3oc2=O)c1F. The fourth-order valence-electron chi connectivity index (χ4n) is 3.65. The number of hydrogen-bond acceptors (Lipinski definition) is 8. The highest BCUT2D eigenvalue weighted by atomic mass is 32.2. The fourth-order valence-corrected chi connectivity index (χ4v) is 4.20. The van der Waals surface area contributed by atoms with Crippen LogP contribution in [0.2, 0.25) is 0 Å². The lowest BCUT2D eigenvalue weighted by molar-refractivity contribution is 0.400. The topological polar surface area (TPSA) is 127 Å². The number of hydrogen-bond donors (Lipinski definition) is 2. The number of halogens is 1. The van der Waals surface area contributed by atoms with Gasteiger partial charge in [-0.2, -0.15) is 8.42 Å². The minimum Gasteiger partial charge on any atom is -0.424 e. The number of ether oxygens (including phenoxy) is 1. The molecule has 0 aliphatic heterocycles. The van der Waals surface area contributed by atoms with Gasteiger partial charge in [-0.15, -0.1) is 0 Å². The second-order valence-electron chi connectivity index (χ2n) is 8.14. The monoisotopic (exact) mass is 513 g/mol. The molecule has 0 saturated heterocycles. The third kappa shape index (κ3) is 5.67. The van der Waals surface area contributed by atoms with Gasteiger partial charge in [-0.25, -0.2) is 23.9 Å². The predicted octanol–water partition coefficient (Wildman–Crippen LogP) is 3.04. The standard InChI is InChI=1S/C24H24FN5O5S/c1-26-36(32,33)29-20-7-4-6-15(22(20)25)12-18-19(14-30(2)3)17-9-8-16(13-21(17)35-23(18)31)34-24-27-10-5-11-28-24/h4-11,13,26,29H,12,14H2,1-3H3. The number of nitrogens with one attached hydrogen (secondary N) is 2. The van der Waals surface area contributed by atoms with E-state index in [9.17, 15) is 13.2 Å². The van der Waals surface area contributed by atoms with Gasteiger partial charge in [0.25, 0.3) is 10.2 Å². The average molecular weight is 514 g/mol. The first-order valence-electron chi connectivity index (χ1n) is 10.8. The number of nitrogens with zero attached hydrogens (tertiary/aromatic N) is 3. The third-order valence-electron chi connectivity index (χ3n) is 5.28. The van der Waals surface area contributed by atoms with E-state index in [2.05, 4.69) is 19.4 Å². The van der Waals surface area contributed by atoms with Crippen LogP contribution < -0.4 is 19.8 Å². The molecular formula is C24H24FN5O5S. The number of aromatic nitrogens is 2. The van der Waals surface area contributed by atoms with Crippen molar-refractivity contribution in [1.82, 2.24) is 19.6 Å². The third-order valence-corrected chi connectivity index (χ3v) is 6.30. The maximum atomic E-state index is 15.2. The Balaban J connectivity index is 1.76. The molecule has 2 aromatic heterocycles. The average Bonchev–Trinajstić information content (AvgIpc) is 2.83. The van der Waals surface area contributed by atoms with Crippen molar-refractivity contribution < 1.29 is 22.0 Å². The first kappa shape index (κ1) is 25.2. The van der Waals surface area contributed by atoms with Gasteiger partial charge in [0.05, 0.1) is 5.69 Å². The zero-order valence-corrected chi connectivity index (χ0v) is 20.6. The predicted molar refractivity (Wildman–Crippen MR) is 133 cm³/mol. The Kier molecular flexibility index (Phi) is 7.29. The minimum atomic E-state index is -3.92. The Bertz CT molecular complexity index is 1560. The van der Waals surface area contributed by atoms with Crippen LogP contribution in [-0.4, -0.2) is 44.4 Å². The molecule has 0 amide bonds. The highest BCUT2D eigenvalue weighted by molar-refractivity contribution is 7.90. The maximum Gasteiger partial charge on any atom is 0.340 e. The first-order chi connectivity index (χ1) is 17.2. The molecule has 0 bridgehead atoms. The van der Waals surface area contributed by atoms with Crippen molar-refractivity contribution in [3.05, 3.63) is 87.8 Å². The van der Waals surface area contributed by atoms with Gasteiger partial charge in [0, 0.05) is 49.4 Å². The Morgan fingerprint density at radius 3 is 2.53 bits per heavy atom. The summed E-state index contributed by atoms with van der Waals surface area (Å²) in [6.45, 7) is 0.382. The van der Waals surface area contributed by atoms with Crippen LogP contribution in [0.15, 0.2) is 64.1 Å². The summed E-state index contributed by atoms with van der Waals surface area (Å²) in [5.41, 5.74) is 0.501. The van der Waals surface area contributed by atoms with Crippen LogP contribution >= 0.6 is 0 Å². The van der Waals surface area contributed by atoms with Gasteiger partial charge >= 0.3 is 11.6 Å². The van der Waals surface area contributed by atoms with E-state index in [1.165, 1.54) is 25.2 Å². The molecule has 0 saturated carbocycles. The lowest BCUT2D eigenvalue weighted by atomic mass is 9.97. The molecule has 188 valence electrons. The van der Waals surface area contributed by atoms with E-state index >= 15 is 4.39 Å². The highest BCUT2D eigenvalue weighted by Gasteiger charge is 2.20. The summed E-state index contributed by atoms with van der Waals surface area (Å²) in [6, 6.07) is 11.1. The zero-order chi connectivity index (χ0) is 25.9. The summed E-state index contributed by atoms with van der Waals surface area (Å²) in [5.74, 6) is -0.394. The number of rotatable bonds is 9. The number of benzene rings is 2. The van der Waals surface area contributed by atoms with Crippen LogP contribution in [0.1, 0.15) is 16.7 Å². The molecular weight excluding hydrogens is 489 g/mol. The van der Waals surface area contributed by atoms with E-state index in [4.69, 9.17) is 9.15 Å². The molecule has 0 spiro atoms. The van der Waals surface area contributed by atoms with Crippen molar-refractivity contribution in [1.29, 1.82) is 0 Å². The van der Waals surface area contributed by atoms with E-state index < -0.39 is 21.7 Å². The molecule has 0 aliphatic carbocycles. The summed E-state index contributed by atoms with van der Waals surface area (Å²) in [6.07, 6.45) is 2.99. The summed E-state index contributed by atoms with van der Waals surface area (Å²) < 4.78 is 54.3. The van der Waals surface area contributed by atoms with Gasteiger partial charge in [0.1, 0.15) is 11.3 Å². The molecule has 36 heavy (non-hydrogen) atoms. The Hall–Kier alpha value is -3.87. The second-order valence-corrected chi connectivity index (χ2v) is 9.76. The fraction of sp³-hybridized carbons (Fsp3) is 0.208. The second kappa shape index (κ2) is 10.4. The van der Waals surface area contributed by atoms with Crippen LogP contribution in [0, 0.1) is 5.82 Å². The van der Waals surface area contributed by atoms with Crippen molar-refractivity contribution >= 4 is 26.9 Å². The number of anilines is 1. The molecule has 0 aliphatic rings. The van der Waals surface area contributed by atoms with Crippen molar-refractivity contribution in [3.8, 4) is 11.8 Å². The molecule has 0 atom stereocenters. The minimum absolute atomic E-state index is 0.0987. The van der Waals surface area contributed by atoms with E-state index in [0.29, 0.717) is 28.8 Å². The molecule has 10 nitrogen and oxygen atoms in total. The molecule has 12 heteroatoms. The van der Waals surface area contributed by atoms with E-state index in [1.54, 1.807) is 36.7 Å². The van der Waals surface area contributed by atoms with E-state index in [-0.39, 0.29) is 29.2 Å². The molecule has 0 unspecified atom stereocenters. The lowest BCUT2D eigenvalue weighted by Gasteiger charge is -2.17. The summed E-state index contributed by atoms with van der Waals surface area (Å²) >= 11 is 0. The Morgan fingerprint density at radius 1 is 1.08 bits per heavy atom. The molecule has 2 heterocycles. The maximum absolute atomic E-state index is 15.2. The molecule has 2 aromatic carbocycles. The first-order valence-corrected chi connectivity index (χ1v) is 12.3. The van der Waals surface area contributed by atoms with Gasteiger partial charge in [0.15, 0.2) is 5.82 Å². The largest absolute Gasteiger partial charge is 0.424 e. The quantitative estimate of drug-likeness (QED) is 0.327. The molecule has 4 aromatic rings. The van der Waals surface area contributed by atoms with Gasteiger partial charge in [-0.1, -0.05) is 12.1 Å². The molecule has 4 rings (SSSR count). The zero-order valence-electron chi connectivity index (χ0n) is 19.8. The van der Waals surface area contributed by atoms with Gasteiger partial charge in [-0.05, 0) is 49.5 Å². The normalized spacial score (nSPS) is 11.7. The van der Waals surface area contributed by atoms with E-state index in [1.807, 2.05) is 19.0 Å². The lowest BCUT2D eigenvalue weighted by Crippen LogP contribution is -2.27. The van der Waals surface area contributed by atoms with Gasteiger partial charge < -0.3 is 14.1 Å². The molecule has 2 N–H and O–H groups in total. The highest BCUT2D eigenvalue weighted by Crippen LogP contribution is 2.29. The van der Waals surface area contributed by atoms with Crippen LogP contribution in [0.4, 0.5) is 10.1 Å². The Morgan fingerprint density at radius 2 is 1.83 bits per heavy atom. The Labute approximate surface area is 206 Å². The summed E-state index contributed by atoms with van der Waals surface area (Å²) in [7, 11) is 0.988. The summed E-state index contributed by atoms with van der Waals surface area (Å²) in [5, 5.41) is 0.659. The van der Waals surface area contributed by atoms with Crippen molar-refractivity contribution in [2.24, 2.45) is 0 Å². The summed E-state index contributed by atoms with van der Waals surface area (Å²) in [4.78, 5) is 23.0. The van der Waals surface area contributed by atoms with Crippen molar-refractivity contribution in [2.45, 2.75) is 13.0 Å². The molecule has 0 radical (unpaired) electrons. The van der Waals surface area contributed by atoms with Crippen molar-refractivity contribution in [3.63, 3.8) is 0 Å². The van der Waals surface area contributed by atoms with Gasteiger partial charge in [-0.3, -0.25) is 4.72 Å². The van der Waals surface area contributed by atoms with Crippen LogP contribution in [0.5, 0.6) is 11.8 Å². The van der Waals surface area contributed by atoms with Crippen molar-refractivity contribution in [2.75, 3.05) is 25.9 Å². The number of fused-ring (bicyclic) bond motifs is 1.